The van der Waals surface area contributed by atoms with E-state index >= 15 is 0 Å². The van der Waals surface area contributed by atoms with Crippen molar-refractivity contribution in [1.29, 1.82) is 0 Å². The first kappa shape index (κ1) is 33.1. The summed E-state index contributed by atoms with van der Waals surface area (Å²) in [6, 6.07) is 1.19. The van der Waals surface area contributed by atoms with Gasteiger partial charge in [0.25, 0.3) is 0 Å². The topological polar surface area (TPSA) is 282 Å². The van der Waals surface area contributed by atoms with Gasteiger partial charge in [-0.1, -0.05) is 12.1 Å². The summed E-state index contributed by atoms with van der Waals surface area (Å²) in [6.45, 7) is -0.256. The molecule has 0 heterocycles. The van der Waals surface area contributed by atoms with Gasteiger partial charge in [-0.05, 0) is 62.8 Å². The summed E-state index contributed by atoms with van der Waals surface area (Å²) in [7, 11) is 0. The van der Waals surface area contributed by atoms with Gasteiger partial charge in [-0.3, -0.25) is 19.4 Å². The van der Waals surface area contributed by atoms with Gasteiger partial charge < -0.3 is 54.2 Å². The van der Waals surface area contributed by atoms with E-state index in [-0.39, 0.29) is 43.9 Å². The van der Waals surface area contributed by atoms with Crippen molar-refractivity contribution >= 4 is 29.7 Å². The minimum absolute atomic E-state index is 0.0373. The summed E-state index contributed by atoms with van der Waals surface area (Å²) in [5, 5.41) is 35.8. The standard InChI is InChI=1S/C24H40N8O7/c25-10-2-1-4-17(21(36)31-18(23(38)39)5-3-11-29-24(27)28)30-22(37)19(13-33)32-20(35)16(26)12-14-6-8-15(34)9-7-14/h6-9,16-19,33-34H,1-5,10-13,25-26H2,(H,30,37)(H,31,36)(H,32,35)(H,38,39)(H4,27,28,29). The van der Waals surface area contributed by atoms with Crippen LogP contribution in [0.25, 0.3) is 0 Å². The number of carbonyl (C=O) groups excluding carboxylic acids is 3. The molecule has 0 aliphatic carbocycles. The number of phenolic OH excluding ortho intramolecular Hbond substituents is 1. The lowest BCUT2D eigenvalue weighted by Gasteiger charge is -2.24. The number of rotatable bonds is 18. The number of benzene rings is 1. The number of aliphatic hydroxyl groups is 1. The monoisotopic (exact) mass is 552 g/mol. The Kier molecular flexibility index (Phi) is 14.9. The van der Waals surface area contributed by atoms with E-state index in [1.807, 2.05) is 0 Å². The van der Waals surface area contributed by atoms with Crippen molar-refractivity contribution in [3.05, 3.63) is 29.8 Å². The number of nitrogens with two attached hydrogens (primary N) is 4. The predicted octanol–water partition coefficient (Wildman–Crippen LogP) is -3.02. The second-order valence-corrected chi connectivity index (χ2v) is 8.91. The number of carbonyl (C=O) groups is 4. The highest BCUT2D eigenvalue weighted by Crippen LogP contribution is 2.11. The number of nitrogens with zero attached hydrogens (tertiary/aromatic N) is 1. The number of carboxylic acids is 1. The summed E-state index contributed by atoms with van der Waals surface area (Å²) < 4.78 is 0. The van der Waals surface area contributed by atoms with Crippen molar-refractivity contribution < 1.29 is 34.5 Å². The van der Waals surface area contributed by atoms with E-state index in [0.29, 0.717) is 24.9 Å². The number of hydrogen-bond acceptors (Lipinski definition) is 9. The molecule has 3 amide bonds. The van der Waals surface area contributed by atoms with Crippen molar-refractivity contribution in [3.63, 3.8) is 0 Å². The van der Waals surface area contributed by atoms with E-state index in [4.69, 9.17) is 22.9 Å². The average Bonchev–Trinajstić information content (AvgIpc) is 2.89. The van der Waals surface area contributed by atoms with Gasteiger partial charge in [0.15, 0.2) is 5.96 Å². The molecule has 0 radical (unpaired) electrons. The highest BCUT2D eigenvalue weighted by atomic mass is 16.4. The number of aromatic hydroxyl groups is 1. The van der Waals surface area contributed by atoms with Crippen molar-refractivity contribution in [2.45, 2.75) is 62.7 Å². The second-order valence-electron chi connectivity index (χ2n) is 8.91. The molecular weight excluding hydrogens is 512 g/mol. The SMILES string of the molecule is NCCCCC(NC(=O)C(CO)NC(=O)C(N)Cc1ccc(O)cc1)C(=O)NC(CCCN=C(N)N)C(=O)O. The molecule has 0 spiro atoms. The highest BCUT2D eigenvalue weighted by Gasteiger charge is 2.29. The maximum atomic E-state index is 12.9. The van der Waals surface area contributed by atoms with Crippen molar-refractivity contribution in [2.75, 3.05) is 19.7 Å². The lowest BCUT2D eigenvalue weighted by Crippen LogP contribution is -2.58. The van der Waals surface area contributed by atoms with Gasteiger partial charge in [-0.15, -0.1) is 0 Å². The minimum atomic E-state index is -1.41. The molecule has 4 atom stereocenters. The van der Waals surface area contributed by atoms with Crippen LogP contribution in [0.2, 0.25) is 0 Å². The van der Waals surface area contributed by atoms with Gasteiger partial charge in [-0.25, -0.2) is 4.79 Å². The molecule has 0 bridgehead atoms. The fraction of sp³-hybridized carbons (Fsp3) is 0.542. The minimum Gasteiger partial charge on any atom is -0.508 e. The normalized spacial score (nSPS) is 13.8. The largest absolute Gasteiger partial charge is 0.508 e. The van der Waals surface area contributed by atoms with Crippen LogP contribution in [0.3, 0.4) is 0 Å². The summed E-state index contributed by atoms with van der Waals surface area (Å²) >= 11 is 0. The van der Waals surface area contributed by atoms with Crippen molar-refractivity contribution in [1.82, 2.24) is 16.0 Å². The van der Waals surface area contributed by atoms with Crippen LogP contribution in [-0.4, -0.2) is 88.8 Å². The molecule has 1 aromatic carbocycles. The van der Waals surface area contributed by atoms with Crippen LogP contribution in [0, 0.1) is 0 Å². The van der Waals surface area contributed by atoms with E-state index < -0.39 is 54.5 Å². The first-order valence-corrected chi connectivity index (χ1v) is 12.5. The first-order chi connectivity index (χ1) is 18.5. The Balaban J connectivity index is 2.83. The third kappa shape index (κ3) is 12.9. The molecule has 0 fully saturated rings. The van der Waals surface area contributed by atoms with E-state index in [1.54, 1.807) is 12.1 Å². The molecule has 15 nitrogen and oxygen atoms in total. The number of aliphatic carboxylic acids is 1. The Morgan fingerprint density at radius 3 is 1.97 bits per heavy atom. The summed E-state index contributed by atoms with van der Waals surface area (Å²) in [5.74, 6) is -3.67. The van der Waals surface area contributed by atoms with Gasteiger partial charge in [0, 0.05) is 6.54 Å². The quantitative estimate of drug-likeness (QED) is 0.0496. The van der Waals surface area contributed by atoms with E-state index in [9.17, 15) is 34.5 Å². The molecule has 0 aromatic heterocycles. The number of phenols is 1. The first-order valence-electron chi connectivity index (χ1n) is 12.5. The molecule has 0 saturated carbocycles. The number of guanidine groups is 1. The molecule has 39 heavy (non-hydrogen) atoms. The number of carboxylic acid groups (broad SMARTS) is 1. The molecule has 0 saturated heterocycles. The Bertz CT molecular complexity index is 970. The average molecular weight is 553 g/mol. The maximum absolute atomic E-state index is 12.9. The molecular formula is C24H40N8O7. The molecule has 1 rings (SSSR count). The van der Waals surface area contributed by atoms with Gasteiger partial charge in [0.1, 0.15) is 23.9 Å². The summed E-state index contributed by atoms with van der Waals surface area (Å²) in [6.07, 6.45) is 1.56. The van der Waals surface area contributed by atoms with Gasteiger partial charge in [0.2, 0.25) is 17.7 Å². The molecule has 1 aromatic rings. The fourth-order valence-corrected chi connectivity index (χ4v) is 3.52. The highest BCUT2D eigenvalue weighted by molar-refractivity contribution is 5.94. The zero-order valence-electron chi connectivity index (χ0n) is 21.7. The summed E-state index contributed by atoms with van der Waals surface area (Å²) in [4.78, 5) is 53.7. The number of amides is 3. The van der Waals surface area contributed by atoms with Gasteiger partial charge in [-0.2, -0.15) is 0 Å². The Labute approximate surface area is 226 Å². The predicted molar refractivity (Wildman–Crippen MR) is 143 cm³/mol. The molecule has 0 aliphatic rings. The lowest BCUT2D eigenvalue weighted by molar-refractivity contribution is -0.142. The van der Waals surface area contributed by atoms with Crippen LogP contribution < -0.4 is 38.9 Å². The third-order valence-corrected chi connectivity index (χ3v) is 5.68. The second kappa shape index (κ2) is 17.5. The summed E-state index contributed by atoms with van der Waals surface area (Å²) in [5.41, 5.74) is 22.6. The third-order valence-electron chi connectivity index (χ3n) is 5.68. The number of hydrogen-bond donors (Lipinski definition) is 10. The van der Waals surface area contributed by atoms with Crippen LogP contribution in [-0.2, 0) is 25.6 Å². The Hall–Kier alpha value is -3.95. The van der Waals surface area contributed by atoms with Gasteiger partial charge in [0.05, 0.1) is 12.6 Å². The fourth-order valence-electron chi connectivity index (χ4n) is 3.52. The van der Waals surface area contributed by atoms with Crippen LogP contribution in [0.4, 0.5) is 0 Å². The van der Waals surface area contributed by atoms with E-state index in [2.05, 4.69) is 20.9 Å². The van der Waals surface area contributed by atoms with Gasteiger partial charge >= 0.3 is 5.97 Å². The van der Waals surface area contributed by atoms with Crippen LogP contribution in [0.5, 0.6) is 5.75 Å². The Morgan fingerprint density at radius 2 is 1.41 bits per heavy atom. The number of aliphatic hydroxyl groups excluding tert-OH is 1. The van der Waals surface area contributed by atoms with Crippen LogP contribution >= 0.6 is 0 Å². The zero-order valence-corrected chi connectivity index (χ0v) is 21.7. The maximum Gasteiger partial charge on any atom is 0.326 e. The number of aliphatic imine (C=N–C) groups is 1. The van der Waals surface area contributed by atoms with E-state index in [1.165, 1.54) is 12.1 Å². The smallest absolute Gasteiger partial charge is 0.326 e. The molecule has 218 valence electrons. The van der Waals surface area contributed by atoms with Crippen LogP contribution in [0.15, 0.2) is 29.3 Å². The molecule has 14 N–H and O–H groups in total. The molecule has 0 aliphatic heterocycles. The van der Waals surface area contributed by atoms with Crippen molar-refractivity contribution in [2.24, 2.45) is 27.9 Å². The number of unbranched alkanes of at least 4 members (excludes halogenated alkanes) is 1. The van der Waals surface area contributed by atoms with Crippen molar-refractivity contribution in [3.8, 4) is 5.75 Å². The lowest BCUT2D eigenvalue weighted by atomic mass is 10.0. The van der Waals surface area contributed by atoms with E-state index in [0.717, 1.165) is 0 Å². The zero-order chi connectivity index (χ0) is 29.4. The molecule has 4 unspecified atom stereocenters. The Morgan fingerprint density at radius 1 is 0.846 bits per heavy atom. The van der Waals surface area contributed by atoms with Crippen LogP contribution in [0.1, 0.15) is 37.7 Å². The molecule has 15 heteroatoms. The number of nitrogens with one attached hydrogen (secondary N) is 3.